The van der Waals surface area contributed by atoms with E-state index in [1.54, 1.807) is 0 Å². The highest BCUT2D eigenvalue weighted by Gasteiger charge is 2.13. The number of hydrogen-bond acceptors (Lipinski definition) is 2. The van der Waals surface area contributed by atoms with Crippen LogP contribution in [-0.4, -0.2) is 43.1 Å². The average Bonchev–Trinajstić information content (AvgIpc) is 2.45. The van der Waals surface area contributed by atoms with Crippen molar-refractivity contribution in [3.8, 4) is 0 Å². The van der Waals surface area contributed by atoms with Crippen LogP contribution in [0.5, 0.6) is 0 Å². The summed E-state index contributed by atoms with van der Waals surface area (Å²) >= 11 is 0. The van der Waals surface area contributed by atoms with Crippen molar-refractivity contribution in [1.29, 1.82) is 0 Å². The van der Waals surface area contributed by atoms with E-state index < -0.39 is 0 Å². The molecule has 0 aliphatic rings. The van der Waals surface area contributed by atoms with Crippen molar-refractivity contribution < 1.29 is 0 Å². The van der Waals surface area contributed by atoms with Gasteiger partial charge in [-0.1, -0.05) is 30.3 Å². The summed E-state index contributed by atoms with van der Waals surface area (Å²) < 4.78 is 0. The normalized spacial score (nSPS) is 14.0. The van der Waals surface area contributed by atoms with E-state index in [0.29, 0.717) is 6.04 Å². The molecule has 1 aromatic carbocycles. The van der Waals surface area contributed by atoms with Gasteiger partial charge in [-0.15, -0.1) is 0 Å². The number of rotatable bonds is 6. The highest BCUT2D eigenvalue weighted by atomic mass is 15.2. The Morgan fingerprint density at radius 1 is 1.23 bits per heavy atom. The zero-order chi connectivity index (χ0) is 16.6. The van der Waals surface area contributed by atoms with E-state index in [-0.39, 0.29) is 5.54 Å². The minimum absolute atomic E-state index is 0.0254. The number of nitrogens with one attached hydrogen (secondary N) is 2. The quantitative estimate of drug-likeness (QED) is 0.627. The zero-order valence-electron chi connectivity index (χ0n) is 15.0. The summed E-state index contributed by atoms with van der Waals surface area (Å²) in [4.78, 5) is 6.65. The number of benzene rings is 1. The fraction of sp³-hybridized carbons (Fsp3) is 0.611. The summed E-state index contributed by atoms with van der Waals surface area (Å²) in [5, 5.41) is 6.76. The zero-order valence-corrected chi connectivity index (χ0v) is 15.0. The van der Waals surface area contributed by atoms with Gasteiger partial charge in [0.1, 0.15) is 0 Å². The van der Waals surface area contributed by atoms with Gasteiger partial charge in [0, 0.05) is 31.7 Å². The van der Waals surface area contributed by atoms with Crippen molar-refractivity contribution in [3.05, 3.63) is 35.9 Å². The van der Waals surface area contributed by atoms with E-state index in [9.17, 15) is 0 Å². The van der Waals surface area contributed by atoms with Gasteiger partial charge >= 0.3 is 0 Å². The van der Waals surface area contributed by atoms with Crippen molar-refractivity contribution in [3.63, 3.8) is 0 Å². The standard InChI is InChI=1S/C18H32N4/c1-15(22(6)14-16-10-8-7-9-11-16)12-13-20-17(19-5)21-18(2,3)4/h7-11,15H,12-14H2,1-6H3,(H2,19,20,21). The molecule has 1 atom stereocenters. The first kappa shape index (κ1) is 18.5. The van der Waals surface area contributed by atoms with Crippen LogP contribution in [0.2, 0.25) is 0 Å². The molecule has 0 spiro atoms. The monoisotopic (exact) mass is 304 g/mol. The number of hydrogen-bond donors (Lipinski definition) is 2. The molecular weight excluding hydrogens is 272 g/mol. The second kappa shape index (κ2) is 8.79. The summed E-state index contributed by atoms with van der Waals surface area (Å²) in [5.74, 6) is 0.866. The predicted octanol–water partition coefficient (Wildman–Crippen LogP) is 2.86. The third-order valence-electron chi connectivity index (χ3n) is 3.60. The molecular formula is C18H32N4. The van der Waals surface area contributed by atoms with Crippen molar-refractivity contribution in [2.75, 3.05) is 20.6 Å². The lowest BCUT2D eigenvalue weighted by Crippen LogP contribution is -2.48. The van der Waals surface area contributed by atoms with Crippen LogP contribution in [0.3, 0.4) is 0 Å². The second-order valence-corrected chi connectivity index (χ2v) is 6.91. The molecule has 22 heavy (non-hydrogen) atoms. The van der Waals surface area contributed by atoms with Crippen molar-refractivity contribution in [1.82, 2.24) is 15.5 Å². The van der Waals surface area contributed by atoms with Gasteiger partial charge in [0.15, 0.2) is 5.96 Å². The fourth-order valence-electron chi connectivity index (χ4n) is 2.18. The Morgan fingerprint density at radius 2 is 1.86 bits per heavy atom. The van der Waals surface area contributed by atoms with Crippen LogP contribution in [-0.2, 0) is 6.54 Å². The van der Waals surface area contributed by atoms with Gasteiger partial charge in [-0.05, 0) is 46.7 Å². The van der Waals surface area contributed by atoms with Crippen LogP contribution in [0.25, 0.3) is 0 Å². The molecule has 0 fully saturated rings. The van der Waals surface area contributed by atoms with Crippen LogP contribution in [0.15, 0.2) is 35.3 Å². The van der Waals surface area contributed by atoms with Gasteiger partial charge < -0.3 is 10.6 Å². The van der Waals surface area contributed by atoms with E-state index in [0.717, 1.165) is 25.5 Å². The maximum atomic E-state index is 4.26. The molecule has 2 N–H and O–H groups in total. The average molecular weight is 304 g/mol. The van der Waals surface area contributed by atoms with Crippen LogP contribution < -0.4 is 10.6 Å². The largest absolute Gasteiger partial charge is 0.356 e. The fourth-order valence-corrected chi connectivity index (χ4v) is 2.18. The highest BCUT2D eigenvalue weighted by Crippen LogP contribution is 2.08. The molecule has 0 aliphatic carbocycles. The molecule has 0 saturated heterocycles. The minimum Gasteiger partial charge on any atom is -0.356 e. The van der Waals surface area contributed by atoms with Crippen molar-refractivity contribution in [2.24, 2.45) is 4.99 Å². The molecule has 0 heterocycles. The lowest BCUT2D eigenvalue weighted by Gasteiger charge is -2.27. The molecule has 4 heteroatoms. The predicted molar refractivity (Wildman–Crippen MR) is 96.2 cm³/mol. The minimum atomic E-state index is 0.0254. The van der Waals surface area contributed by atoms with Crippen LogP contribution in [0.1, 0.15) is 39.7 Å². The van der Waals surface area contributed by atoms with Crippen LogP contribution in [0.4, 0.5) is 0 Å². The molecule has 0 aliphatic heterocycles. The van der Waals surface area contributed by atoms with E-state index in [1.807, 2.05) is 7.05 Å². The molecule has 124 valence electrons. The molecule has 1 unspecified atom stereocenters. The Labute approximate surface area is 136 Å². The van der Waals surface area contributed by atoms with Gasteiger partial charge in [-0.25, -0.2) is 0 Å². The SMILES string of the molecule is CN=C(NCCC(C)N(C)Cc1ccccc1)NC(C)(C)C. The molecule has 0 amide bonds. The first-order chi connectivity index (χ1) is 10.3. The molecule has 4 nitrogen and oxygen atoms in total. The van der Waals surface area contributed by atoms with Gasteiger partial charge in [-0.3, -0.25) is 9.89 Å². The van der Waals surface area contributed by atoms with Gasteiger partial charge in [0.25, 0.3) is 0 Å². The molecule has 1 aromatic rings. The molecule has 0 radical (unpaired) electrons. The van der Waals surface area contributed by atoms with E-state index >= 15 is 0 Å². The van der Waals surface area contributed by atoms with Crippen LogP contribution in [0, 0.1) is 0 Å². The van der Waals surface area contributed by atoms with E-state index in [2.05, 4.69) is 85.6 Å². The van der Waals surface area contributed by atoms with Gasteiger partial charge in [0.2, 0.25) is 0 Å². The summed E-state index contributed by atoms with van der Waals surface area (Å²) in [5.41, 5.74) is 1.38. The number of guanidine groups is 1. The van der Waals surface area contributed by atoms with E-state index in [4.69, 9.17) is 0 Å². The summed E-state index contributed by atoms with van der Waals surface area (Å²) in [7, 11) is 3.99. The highest BCUT2D eigenvalue weighted by molar-refractivity contribution is 5.80. The Bertz CT molecular complexity index is 448. The maximum Gasteiger partial charge on any atom is 0.191 e. The molecule has 0 aromatic heterocycles. The topological polar surface area (TPSA) is 39.7 Å². The maximum absolute atomic E-state index is 4.26. The summed E-state index contributed by atoms with van der Waals surface area (Å²) in [6, 6.07) is 11.1. The number of aliphatic imine (C=N–C) groups is 1. The van der Waals surface area contributed by atoms with Gasteiger partial charge in [-0.2, -0.15) is 0 Å². The molecule has 0 saturated carbocycles. The Morgan fingerprint density at radius 3 is 2.41 bits per heavy atom. The lowest BCUT2D eigenvalue weighted by atomic mass is 10.1. The lowest BCUT2D eigenvalue weighted by molar-refractivity contribution is 0.238. The van der Waals surface area contributed by atoms with Crippen molar-refractivity contribution in [2.45, 2.75) is 52.2 Å². The Hall–Kier alpha value is -1.55. The van der Waals surface area contributed by atoms with Gasteiger partial charge in [0.05, 0.1) is 0 Å². The van der Waals surface area contributed by atoms with Crippen molar-refractivity contribution >= 4 is 5.96 Å². The molecule has 1 rings (SSSR count). The summed E-state index contributed by atoms with van der Waals surface area (Å²) in [6.07, 6.45) is 1.08. The Balaban J connectivity index is 2.34. The third kappa shape index (κ3) is 7.46. The first-order valence-corrected chi connectivity index (χ1v) is 8.05. The van der Waals surface area contributed by atoms with E-state index in [1.165, 1.54) is 5.56 Å². The summed E-state index contributed by atoms with van der Waals surface area (Å²) in [6.45, 7) is 10.6. The Kier molecular flexibility index (Phi) is 7.39. The van der Waals surface area contributed by atoms with Crippen LogP contribution >= 0.6 is 0 Å². The number of nitrogens with zero attached hydrogens (tertiary/aromatic N) is 2. The second-order valence-electron chi connectivity index (χ2n) is 6.91. The smallest absolute Gasteiger partial charge is 0.191 e. The molecule has 0 bridgehead atoms. The first-order valence-electron chi connectivity index (χ1n) is 8.05. The third-order valence-corrected chi connectivity index (χ3v) is 3.60.